The molecular weight excluding hydrogens is 194 g/mol. The number of ether oxygens (including phenoxy) is 1. The molecule has 4 heteroatoms. The van der Waals surface area contributed by atoms with Crippen LogP contribution in [0.5, 0.6) is 0 Å². The topological polar surface area (TPSA) is 49.8 Å². The molecule has 15 heavy (non-hydrogen) atoms. The zero-order valence-electron chi connectivity index (χ0n) is 10.2. The number of methoxy groups -OCH3 is 1. The van der Waals surface area contributed by atoms with Gasteiger partial charge in [0.05, 0.1) is 18.6 Å². The highest BCUT2D eigenvalue weighted by molar-refractivity contribution is 5.74. The minimum absolute atomic E-state index is 0.241. The van der Waals surface area contributed by atoms with Gasteiger partial charge in [-0.2, -0.15) is 5.06 Å². The molecule has 0 amide bonds. The standard InChI is InChI=1S/C11H21NO3/c1-10(2)7-6-8(9(13)15-5)11(3,4)12(10)14/h8,14H,6-7H2,1-5H3. The number of hydroxylamine groups is 2. The molecule has 0 aliphatic carbocycles. The largest absolute Gasteiger partial charge is 0.469 e. The average molecular weight is 215 g/mol. The fraction of sp³-hybridized carbons (Fsp3) is 0.909. The number of nitrogens with zero attached hydrogens (tertiary/aromatic N) is 1. The van der Waals surface area contributed by atoms with E-state index in [2.05, 4.69) is 0 Å². The average Bonchev–Trinajstić information content (AvgIpc) is 2.14. The number of rotatable bonds is 1. The van der Waals surface area contributed by atoms with Gasteiger partial charge in [-0.25, -0.2) is 0 Å². The Bertz CT molecular complexity index is 261. The Morgan fingerprint density at radius 3 is 2.40 bits per heavy atom. The molecule has 4 nitrogen and oxygen atoms in total. The zero-order valence-corrected chi connectivity index (χ0v) is 10.2. The van der Waals surface area contributed by atoms with Crippen LogP contribution in [-0.2, 0) is 9.53 Å². The second-order valence-corrected chi connectivity index (χ2v) is 5.39. The quantitative estimate of drug-likeness (QED) is 0.678. The smallest absolute Gasteiger partial charge is 0.310 e. The summed E-state index contributed by atoms with van der Waals surface area (Å²) < 4.78 is 4.77. The van der Waals surface area contributed by atoms with Crippen LogP contribution < -0.4 is 0 Å². The molecule has 1 rings (SSSR count). The SMILES string of the molecule is COC(=O)C1CCC(C)(C)N(O)C1(C)C. The van der Waals surface area contributed by atoms with Crippen LogP contribution in [0.4, 0.5) is 0 Å². The van der Waals surface area contributed by atoms with Gasteiger partial charge in [-0.05, 0) is 40.5 Å². The van der Waals surface area contributed by atoms with E-state index in [9.17, 15) is 10.0 Å². The van der Waals surface area contributed by atoms with E-state index in [4.69, 9.17) is 4.74 Å². The van der Waals surface area contributed by atoms with Crippen molar-refractivity contribution in [2.24, 2.45) is 5.92 Å². The molecule has 0 aromatic rings. The van der Waals surface area contributed by atoms with E-state index < -0.39 is 5.54 Å². The van der Waals surface area contributed by atoms with Crippen molar-refractivity contribution in [1.29, 1.82) is 0 Å². The van der Waals surface area contributed by atoms with E-state index in [-0.39, 0.29) is 17.4 Å². The first kappa shape index (κ1) is 12.5. The molecule has 0 aromatic heterocycles. The molecule has 1 atom stereocenters. The van der Waals surface area contributed by atoms with Crippen molar-refractivity contribution in [3.8, 4) is 0 Å². The van der Waals surface area contributed by atoms with Crippen LogP contribution >= 0.6 is 0 Å². The third kappa shape index (κ3) is 2.01. The maximum absolute atomic E-state index is 11.6. The van der Waals surface area contributed by atoms with Gasteiger partial charge in [0.15, 0.2) is 0 Å². The monoisotopic (exact) mass is 215 g/mol. The molecule has 0 radical (unpaired) electrons. The second kappa shape index (κ2) is 3.76. The van der Waals surface area contributed by atoms with Crippen LogP contribution in [0, 0.1) is 5.92 Å². The lowest BCUT2D eigenvalue weighted by atomic mass is 9.74. The molecule has 0 aromatic carbocycles. The van der Waals surface area contributed by atoms with Gasteiger partial charge in [0.25, 0.3) is 0 Å². The van der Waals surface area contributed by atoms with Gasteiger partial charge in [0.1, 0.15) is 0 Å². The van der Waals surface area contributed by atoms with Crippen LogP contribution in [0.2, 0.25) is 0 Å². The van der Waals surface area contributed by atoms with Crippen LogP contribution in [0.1, 0.15) is 40.5 Å². The van der Waals surface area contributed by atoms with Crippen LogP contribution in [0.15, 0.2) is 0 Å². The first-order chi connectivity index (χ1) is 6.73. The zero-order chi connectivity index (χ0) is 11.9. The van der Waals surface area contributed by atoms with E-state index in [1.807, 2.05) is 27.7 Å². The van der Waals surface area contributed by atoms with Crippen LogP contribution in [-0.4, -0.2) is 34.4 Å². The van der Waals surface area contributed by atoms with E-state index in [1.165, 1.54) is 12.2 Å². The molecule has 88 valence electrons. The molecule has 1 N–H and O–H groups in total. The molecule has 0 bridgehead atoms. The van der Waals surface area contributed by atoms with Crippen LogP contribution in [0.25, 0.3) is 0 Å². The fourth-order valence-electron chi connectivity index (χ4n) is 2.43. The van der Waals surface area contributed by atoms with Gasteiger partial charge in [0, 0.05) is 5.54 Å². The van der Waals surface area contributed by atoms with Crippen molar-refractivity contribution < 1.29 is 14.7 Å². The summed E-state index contributed by atoms with van der Waals surface area (Å²) in [5.74, 6) is -0.505. The molecule has 1 fully saturated rings. The Balaban J connectivity index is 2.94. The normalized spacial score (nSPS) is 29.9. The molecule has 1 heterocycles. The summed E-state index contributed by atoms with van der Waals surface area (Å²) in [5, 5.41) is 11.4. The molecule has 0 spiro atoms. The Labute approximate surface area is 91.2 Å². The first-order valence-corrected chi connectivity index (χ1v) is 5.30. The Hall–Kier alpha value is -0.610. The Kier molecular flexibility index (Phi) is 3.12. The summed E-state index contributed by atoms with van der Waals surface area (Å²) in [6.45, 7) is 7.69. The summed E-state index contributed by atoms with van der Waals surface area (Å²) in [4.78, 5) is 11.6. The van der Waals surface area contributed by atoms with Gasteiger partial charge in [-0.1, -0.05) is 0 Å². The van der Waals surface area contributed by atoms with Crippen molar-refractivity contribution >= 4 is 5.97 Å². The molecule has 1 aliphatic heterocycles. The van der Waals surface area contributed by atoms with E-state index >= 15 is 0 Å². The number of hydrogen-bond donors (Lipinski definition) is 1. The van der Waals surface area contributed by atoms with Gasteiger partial charge in [-0.3, -0.25) is 4.79 Å². The lowest BCUT2D eigenvalue weighted by Crippen LogP contribution is -2.62. The molecule has 1 unspecified atom stereocenters. The molecule has 1 saturated heterocycles. The summed E-state index contributed by atoms with van der Waals surface area (Å²) >= 11 is 0. The minimum Gasteiger partial charge on any atom is -0.469 e. The Morgan fingerprint density at radius 1 is 1.40 bits per heavy atom. The predicted octanol–water partition coefficient (Wildman–Crippen LogP) is 1.82. The number of hydrogen-bond acceptors (Lipinski definition) is 4. The number of esters is 1. The minimum atomic E-state index is -0.575. The predicted molar refractivity (Wildman–Crippen MR) is 56.5 cm³/mol. The third-order valence-corrected chi connectivity index (χ3v) is 3.50. The van der Waals surface area contributed by atoms with Crippen molar-refractivity contribution in [1.82, 2.24) is 5.06 Å². The summed E-state index contributed by atoms with van der Waals surface area (Å²) in [5.41, 5.74) is -0.858. The van der Waals surface area contributed by atoms with Crippen LogP contribution in [0.3, 0.4) is 0 Å². The van der Waals surface area contributed by atoms with Crippen molar-refractivity contribution in [3.63, 3.8) is 0 Å². The number of carbonyl (C=O) groups is 1. The van der Waals surface area contributed by atoms with E-state index in [0.29, 0.717) is 0 Å². The highest BCUT2D eigenvalue weighted by Crippen LogP contribution is 2.40. The van der Waals surface area contributed by atoms with Crippen molar-refractivity contribution in [2.75, 3.05) is 7.11 Å². The van der Waals surface area contributed by atoms with Crippen molar-refractivity contribution in [3.05, 3.63) is 0 Å². The van der Waals surface area contributed by atoms with Gasteiger partial charge in [0.2, 0.25) is 0 Å². The maximum atomic E-state index is 11.6. The third-order valence-electron chi connectivity index (χ3n) is 3.50. The van der Waals surface area contributed by atoms with E-state index in [1.54, 1.807) is 0 Å². The highest BCUT2D eigenvalue weighted by atomic mass is 16.5. The summed E-state index contributed by atoms with van der Waals surface area (Å²) in [7, 11) is 1.39. The molecule has 0 saturated carbocycles. The van der Waals surface area contributed by atoms with Gasteiger partial charge >= 0.3 is 5.97 Å². The highest BCUT2D eigenvalue weighted by Gasteiger charge is 2.50. The molecular formula is C11H21NO3. The van der Waals surface area contributed by atoms with Gasteiger partial charge < -0.3 is 9.94 Å². The van der Waals surface area contributed by atoms with Crippen molar-refractivity contribution in [2.45, 2.75) is 51.6 Å². The number of piperidine rings is 1. The lowest BCUT2D eigenvalue weighted by Gasteiger charge is -2.51. The maximum Gasteiger partial charge on any atom is 0.310 e. The van der Waals surface area contributed by atoms with E-state index in [0.717, 1.165) is 12.8 Å². The van der Waals surface area contributed by atoms with Gasteiger partial charge in [-0.15, -0.1) is 0 Å². The lowest BCUT2D eigenvalue weighted by molar-refractivity contribution is -0.259. The first-order valence-electron chi connectivity index (χ1n) is 5.30. The summed E-state index contributed by atoms with van der Waals surface area (Å²) in [6, 6.07) is 0. The fourth-order valence-corrected chi connectivity index (χ4v) is 2.43. The molecule has 1 aliphatic rings. The number of carbonyl (C=O) groups excluding carboxylic acids is 1. The summed E-state index contributed by atoms with van der Waals surface area (Å²) in [6.07, 6.45) is 1.54. The Morgan fingerprint density at radius 2 is 1.93 bits per heavy atom. The second-order valence-electron chi connectivity index (χ2n) is 5.39.